The first-order chi connectivity index (χ1) is 14.8. The Labute approximate surface area is 181 Å². The standard InChI is InChI=1S/C22H26N6OS/c1-2-26-13-8-14-27(16-15-26)22(29)19-11-6-7-12-20(19)30-17-21-23-24-25-28(21)18-9-4-3-5-10-18/h3-7,9-12H,2,8,13-17H2,1H3. The zero-order chi connectivity index (χ0) is 20.8. The number of aromatic nitrogens is 4. The molecule has 2 aromatic carbocycles. The van der Waals surface area contributed by atoms with E-state index < -0.39 is 0 Å². The van der Waals surface area contributed by atoms with Crippen LogP contribution in [-0.4, -0.2) is 68.6 Å². The fourth-order valence-corrected chi connectivity index (χ4v) is 4.59. The largest absolute Gasteiger partial charge is 0.337 e. The molecule has 0 spiro atoms. The summed E-state index contributed by atoms with van der Waals surface area (Å²) in [6.45, 7) is 6.78. The quantitative estimate of drug-likeness (QED) is 0.569. The summed E-state index contributed by atoms with van der Waals surface area (Å²) in [4.78, 5) is 18.6. The second-order valence-corrected chi connectivity index (χ2v) is 8.22. The van der Waals surface area contributed by atoms with Crippen molar-refractivity contribution in [1.82, 2.24) is 30.0 Å². The van der Waals surface area contributed by atoms with E-state index in [0.717, 1.165) is 61.1 Å². The van der Waals surface area contributed by atoms with Crippen molar-refractivity contribution in [2.75, 3.05) is 32.7 Å². The average molecular weight is 423 g/mol. The molecular formula is C22H26N6OS. The molecule has 0 unspecified atom stereocenters. The van der Waals surface area contributed by atoms with Crippen LogP contribution in [0, 0.1) is 0 Å². The summed E-state index contributed by atoms with van der Waals surface area (Å²) in [5.41, 5.74) is 1.68. The van der Waals surface area contributed by atoms with Gasteiger partial charge in [-0.3, -0.25) is 4.79 Å². The lowest BCUT2D eigenvalue weighted by atomic mass is 10.2. The summed E-state index contributed by atoms with van der Waals surface area (Å²) in [6, 6.07) is 17.7. The number of hydrogen-bond acceptors (Lipinski definition) is 6. The second-order valence-electron chi connectivity index (χ2n) is 7.21. The number of rotatable bonds is 6. The molecule has 2 heterocycles. The predicted octanol–water partition coefficient (Wildman–Crippen LogP) is 3.12. The molecule has 156 valence electrons. The number of likely N-dealkylation sites (N-methyl/N-ethyl adjacent to an activating group) is 1. The Balaban J connectivity index is 1.48. The van der Waals surface area contributed by atoms with E-state index in [9.17, 15) is 4.79 Å². The number of hydrogen-bond donors (Lipinski definition) is 0. The van der Waals surface area contributed by atoms with Crippen LogP contribution in [0.3, 0.4) is 0 Å². The summed E-state index contributed by atoms with van der Waals surface area (Å²) < 4.78 is 1.74. The summed E-state index contributed by atoms with van der Waals surface area (Å²) >= 11 is 1.59. The first-order valence-corrected chi connectivity index (χ1v) is 11.3. The summed E-state index contributed by atoms with van der Waals surface area (Å²) in [6.07, 6.45) is 1.01. The van der Waals surface area contributed by atoms with E-state index in [0.29, 0.717) is 5.75 Å². The molecule has 7 nitrogen and oxygen atoms in total. The summed E-state index contributed by atoms with van der Waals surface area (Å²) in [5, 5.41) is 12.1. The normalized spacial score (nSPS) is 15.2. The molecular weight excluding hydrogens is 396 g/mol. The number of carbonyl (C=O) groups is 1. The molecule has 1 fully saturated rings. The van der Waals surface area contributed by atoms with E-state index >= 15 is 0 Å². The lowest BCUT2D eigenvalue weighted by Gasteiger charge is -2.22. The van der Waals surface area contributed by atoms with E-state index in [1.807, 2.05) is 59.5 Å². The molecule has 1 aromatic heterocycles. The van der Waals surface area contributed by atoms with Crippen LogP contribution in [0.1, 0.15) is 29.5 Å². The summed E-state index contributed by atoms with van der Waals surface area (Å²) in [5.74, 6) is 1.44. The molecule has 30 heavy (non-hydrogen) atoms. The monoisotopic (exact) mass is 422 g/mol. The third kappa shape index (κ3) is 4.71. The van der Waals surface area contributed by atoms with Crippen LogP contribution >= 0.6 is 11.8 Å². The van der Waals surface area contributed by atoms with Gasteiger partial charge in [0.15, 0.2) is 5.82 Å². The Bertz CT molecular complexity index is 977. The number of amides is 1. The van der Waals surface area contributed by atoms with Crippen LogP contribution in [0.5, 0.6) is 0 Å². The van der Waals surface area contributed by atoms with Crippen molar-refractivity contribution in [2.45, 2.75) is 24.0 Å². The fourth-order valence-electron chi connectivity index (χ4n) is 3.64. The topological polar surface area (TPSA) is 67.2 Å². The van der Waals surface area contributed by atoms with Crippen molar-refractivity contribution >= 4 is 17.7 Å². The first kappa shape index (κ1) is 20.6. The number of carbonyl (C=O) groups excluding carboxylic acids is 1. The van der Waals surface area contributed by atoms with Crippen LogP contribution in [0.25, 0.3) is 5.69 Å². The molecule has 0 saturated carbocycles. The summed E-state index contributed by atoms with van der Waals surface area (Å²) in [7, 11) is 0. The molecule has 1 saturated heterocycles. The smallest absolute Gasteiger partial charge is 0.255 e. The van der Waals surface area contributed by atoms with Gasteiger partial charge in [0.05, 0.1) is 17.0 Å². The minimum Gasteiger partial charge on any atom is -0.337 e. The first-order valence-electron chi connectivity index (χ1n) is 10.3. The van der Waals surface area contributed by atoms with Gasteiger partial charge in [0.1, 0.15) is 0 Å². The number of nitrogens with zero attached hydrogens (tertiary/aromatic N) is 6. The van der Waals surface area contributed by atoms with E-state index in [2.05, 4.69) is 27.3 Å². The maximum Gasteiger partial charge on any atom is 0.255 e. The highest BCUT2D eigenvalue weighted by Gasteiger charge is 2.22. The number of para-hydroxylation sites is 1. The van der Waals surface area contributed by atoms with Crippen molar-refractivity contribution in [3.63, 3.8) is 0 Å². The molecule has 0 N–H and O–H groups in total. The number of tetrazole rings is 1. The fraction of sp³-hybridized carbons (Fsp3) is 0.364. The van der Waals surface area contributed by atoms with Crippen LogP contribution in [0.15, 0.2) is 59.5 Å². The van der Waals surface area contributed by atoms with E-state index in [1.165, 1.54) is 0 Å². The molecule has 3 aromatic rings. The lowest BCUT2D eigenvalue weighted by molar-refractivity contribution is 0.0758. The highest BCUT2D eigenvalue weighted by atomic mass is 32.2. The van der Waals surface area contributed by atoms with Gasteiger partial charge in [-0.15, -0.1) is 16.9 Å². The average Bonchev–Trinajstić information content (AvgIpc) is 3.14. The van der Waals surface area contributed by atoms with Crippen molar-refractivity contribution < 1.29 is 4.79 Å². The maximum absolute atomic E-state index is 13.3. The highest BCUT2D eigenvalue weighted by molar-refractivity contribution is 7.98. The van der Waals surface area contributed by atoms with Crippen LogP contribution in [-0.2, 0) is 5.75 Å². The molecule has 8 heteroatoms. The SMILES string of the molecule is CCN1CCCN(C(=O)c2ccccc2SCc2nnnn2-c2ccccc2)CC1. The molecule has 0 radical (unpaired) electrons. The lowest BCUT2D eigenvalue weighted by Crippen LogP contribution is -2.35. The number of benzene rings is 2. The van der Waals surface area contributed by atoms with Gasteiger partial charge >= 0.3 is 0 Å². The van der Waals surface area contributed by atoms with Crippen molar-refractivity contribution in [3.8, 4) is 5.69 Å². The Morgan fingerprint density at radius 2 is 1.80 bits per heavy atom. The zero-order valence-electron chi connectivity index (χ0n) is 17.1. The van der Waals surface area contributed by atoms with Gasteiger partial charge in [-0.05, 0) is 54.2 Å². The minimum atomic E-state index is 0.110. The Morgan fingerprint density at radius 1 is 1.00 bits per heavy atom. The van der Waals surface area contributed by atoms with E-state index in [4.69, 9.17) is 0 Å². The van der Waals surface area contributed by atoms with Gasteiger partial charge in [-0.25, -0.2) is 0 Å². The Kier molecular flexibility index (Phi) is 6.76. The molecule has 1 aliphatic rings. The van der Waals surface area contributed by atoms with Crippen molar-refractivity contribution in [3.05, 3.63) is 66.0 Å². The van der Waals surface area contributed by atoms with Gasteiger partial charge < -0.3 is 9.80 Å². The second kappa shape index (κ2) is 9.86. The van der Waals surface area contributed by atoms with Gasteiger partial charge in [0.25, 0.3) is 5.91 Å². The molecule has 4 rings (SSSR count). The van der Waals surface area contributed by atoms with Gasteiger partial charge in [-0.2, -0.15) is 4.68 Å². The molecule has 1 aliphatic heterocycles. The van der Waals surface area contributed by atoms with Crippen LogP contribution in [0.2, 0.25) is 0 Å². The van der Waals surface area contributed by atoms with Crippen LogP contribution in [0.4, 0.5) is 0 Å². The maximum atomic E-state index is 13.3. The molecule has 1 amide bonds. The zero-order valence-corrected chi connectivity index (χ0v) is 18.0. The molecule has 0 aliphatic carbocycles. The third-order valence-corrected chi connectivity index (χ3v) is 6.40. The Hall–Kier alpha value is -2.71. The van der Waals surface area contributed by atoms with E-state index in [1.54, 1.807) is 16.4 Å². The molecule has 0 bridgehead atoms. The van der Waals surface area contributed by atoms with Gasteiger partial charge in [0, 0.05) is 24.5 Å². The molecule has 0 atom stereocenters. The number of thioether (sulfide) groups is 1. The predicted molar refractivity (Wildman–Crippen MR) is 118 cm³/mol. The van der Waals surface area contributed by atoms with E-state index in [-0.39, 0.29) is 5.91 Å². The Morgan fingerprint density at radius 3 is 2.63 bits per heavy atom. The van der Waals surface area contributed by atoms with Gasteiger partial charge in [-0.1, -0.05) is 37.3 Å². The van der Waals surface area contributed by atoms with Crippen molar-refractivity contribution in [1.29, 1.82) is 0 Å². The van der Waals surface area contributed by atoms with Crippen LogP contribution < -0.4 is 0 Å². The minimum absolute atomic E-state index is 0.110. The van der Waals surface area contributed by atoms with Gasteiger partial charge in [0.2, 0.25) is 0 Å². The van der Waals surface area contributed by atoms with Crippen molar-refractivity contribution in [2.24, 2.45) is 0 Å². The third-order valence-electron chi connectivity index (χ3n) is 5.33. The highest BCUT2D eigenvalue weighted by Crippen LogP contribution is 2.27.